The molecule has 9 heteroatoms. The van der Waals surface area contributed by atoms with E-state index in [0.717, 1.165) is 22.4 Å². The fraction of sp³-hybridized carbons (Fsp3) is 0.440. The molecule has 0 spiro atoms. The summed E-state index contributed by atoms with van der Waals surface area (Å²) in [4.78, 5) is 31.0. The third kappa shape index (κ3) is 7.50. The maximum Gasteiger partial charge on any atom is 0.387 e. The van der Waals surface area contributed by atoms with Crippen LogP contribution in [0.1, 0.15) is 16.7 Å². The van der Waals surface area contributed by atoms with Crippen LogP contribution in [0.3, 0.4) is 0 Å². The van der Waals surface area contributed by atoms with Gasteiger partial charge in [-0.1, -0.05) is 30.3 Å². The van der Waals surface area contributed by atoms with Crippen molar-refractivity contribution in [3.8, 4) is 5.75 Å². The molecule has 1 N–H and O–H groups in total. The fourth-order valence-electron chi connectivity index (χ4n) is 4.02. The van der Waals surface area contributed by atoms with Crippen LogP contribution in [0.25, 0.3) is 0 Å². The number of amides is 2. The summed E-state index contributed by atoms with van der Waals surface area (Å²) >= 11 is 0. The number of rotatable bonds is 9. The predicted octanol–water partition coefficient (Wildman–Crippen LogP) is 3.12. The largest absolute Gasteiger partial charge is 0.435 e. The number of hydrogen-bond donors (Lipinski definition) is 1. The maximum absolute atomic E-state index is 12.7. The molecular weight excluding hydrogens is 442 g/mol. The Labute approximate surface area is 199 Å². The smallest absolute Gasteiger partial charge is 0.387 e. The van der Waals surface area contributed by atoms with Crippen molar-refractivity contribution in [1.29, 1.82) is 0 Å². The first-order valence-electron chi connectivity index (χ1n) is 11.3. The van der Waals surface area contributed by atoms with Crippen molar-refractivity contribution in [2.24, 2.45) is 0 Å². The minimum absolute atomic E-state index is 0.0276. The predicted molar refractivity (Wildman–Crippen MR) is 127 cm³/mol. The van der Waals surface area contributed by atoms with Gasteiger partial charge in [-0.15, -0.1) is 0 Å². The summed E-state index contributed by atoms with van der Waals surface area (Å²) in [5.74, 6) is 0.0831. The Morgan fingerprint density at radius 3 is 2.24 bits per heavy atom. The van der Waals surface area contributed by atoms with Gasteiger partial charge in [-0.2, -0.15) is 8.78 Å². The van der Waals surface area contributed by atoms with Gasteiger partial charge in [-0.3, -0.25) is 19.4 Å². The Kier molecular flexibility index (Phi) is 8.95. The van der Waals surface area contributed by atoms with Crippen LogP contribution in [0.15, 0.2) is 42.5 Å². The minimum atomic E-state index is -2.85. The van der Waals surface area contributed by atoms with E-state index in [9.17, 15) is 18.4 Å². The van der Waals surface area contributed by atoms with Gasteiger partial charge >= 0.3 is 6.61 Å². The van der Waals surface area contributed by atoms with Gasteiger partial charge in [0.25, 0.3) is 0 Å². The number of likely N-dealkylation sites (N-methyl/N-ethyl adjacent to an activating group) is 1. The first-order valence-corrected chi connectivity index (χ1v) is 11.3. The minimum Gasteiger partial charge on any atom is -0.435 e. The van der Waals surface area contributed by atoms with E-state index in [1.165, 1.54) is 12.1 Å². The first-order chi connectivity index (χ1) is 16.2. The second kappa shape index (κ2) is 11.9. The van der Waals surface area contributed by atoms with Crippen LogP contribution in [-0.4, -0.2) is 79.4 Å². The Morgan fingerprint density at radius 1 is 1.03 bits per heavy atom. The first kappa shape index (κ1) is 25.6. The molecule has 7 nitrogen and oxygen atoms in total. The summed E-state index contributed by atoms with van der Waals surface area (Å²) in [6.45, 7) is 4.58. The van der Waals surface area contributed by atoms with Crippen molar-refractivity contribution in [2.45, 2.75) is 27.0 Å². The van der Waals surface area contributed by atoms with Crippen molar-refractivity contribution in [3.63, 3.8) is 0 Å². The van der Waals surface area contributed by atoms with Crippen LogP contribution in [0.5, 0.6) is 5.75 Å². The standard InChI is InChI=1S/C25H32F2N4O3/c1-18-5-4-6-19(2)24(18)28-22(32)16-30-11-13-31(14-12-30)23(33)17-29(3)15-20-7-9-21(10-8-20)34-25(26)27/h4-10,25H,11-17H2,1-3H3,(H,28,32). The molecule has 0 aromatic heterocycles. The lowest BCUT2D eigenvalue weighted by Crippen LogP contribution is -2.52. The molecule has 0 atom stereocenters. The fourth-order valence-corrected chi connectivity index (χ4v) is 4.02. The van der Waals surface area contributed by atoms with Gasteiger partial charge in [0.1, 0.15) is 5.75 Å². The molecule has 34 heavy (non-hydrogen) atoms. The number of carbonyl (C=O) groups excluding carboxylic acids is 2. The highest BCUT2D eigenvalue weighted by Crippen LogP contribution is 2.19. The van der Waals surface area contributed by atoms with Crippen LogP contribution in [0.4, 0.5) is 14.5 Å². The Bertz CT molecular complexity index is 956. The summed E-state index contributed by atoms with van der Waals surface area (Å²) in [5, 5.41) is 3.01. The van der Waals surface area contributed by atoms with Crippen LogP contribution in [0.2, 0.25) is 0 Å². The zero-order valence-electron chi connectivity index (χ0n) is 19.9. The zero-order chi connectivity index (χ0) is 24.7. The molecule has 1 fully saturated rings. The molecule has 1 aliphatic heterocycles. The molecule has 2 aromatic rings. The molecule has 184 valence electrons. The number of nitrogens with one attached hydrogen (secondary N) is 1. The quantitative estimate of drug-likeness (QED) is 0.605. The van der Waals surface area contributed by atoms with E-state index < -0.39 is 6.61 Å². The SMILES string of the molecule is Cc1cccc(C)c1NC(=O)CN1CCN(C(=O)CN(C)Cc2ccc(OC(F)F)cc2)CC1. The molecular formula is C25H32F2N4O3. The maximum atomic E-state index is 12.7. The van der Waals surface area contributed by atoms with Crippen LogP contribution in [-0.2, 0) is 16.1 Å². The molecule has 2 aromatic carbocycles. The lowest BCUT2D eigenvalue weighted by molar-refractivity contribution is -0.134. The van der Waals surface area contributed by atoms with Crippen molar-refractivity contribution in [3.05, 3.63) is 59.2 Å². The average molecular weight is 475 g/mol. The lowest BCUT2D eigenvalue weighted by Gasteiger charge is -2.35. The van der Waals surface area contributed by atoms with E-state index in [0.29, 0.717) is 39.3 Å². The second-order valence-corrected chi connectivity index (χ2v) is 8.67. The van der Waals surface area contributed by atoms with Crippen LogP contribution < -0.4 is 10.1 Å². The molecule has 0 aliphatic carbocycles. The summed E-state index contributed by atoms with van der Waals surface area (Å²) in [6, 6.07) is 12.3. The molecule has 0 unspecified atom stereocenters. The van der Waals surface area contributed by atoms with E-state index in [-0.39, 0.29) is 24.1 Å². The van der Waals surface area contributed by atoms with Gasteiger partial charge in [0.2, 0.25) is 11.8 Å². The van der Waals surface area contributed by atoms with E-state index in [2.05, 4.69) is 15.0 Å². The zero-order valence-corrected chi connectivity index (χ0v) is 19.9. The highest BCUT2D eigenvalue weighted by atomic mass is 19.3. The van der Waals surface area contributed by atoms with E-state index in [1.54, 1.807) is 12.1 Å². The van der Waals surface area contributed by atoms with Crippen molar-refractivity contribution < 1.29 is 23.1 Å². The van der Waals surface area contributed by atoms with E-state index >= 15 is 0 Å². The number of nitrogens with zero attached hydrogens (tertiary/aromatic N) is 3. The Hall–Kier alpha value is -3.04. The monoisotopic (exact) mass is 474 g/mol. The van der Waals surface area contributed by atoms with Crippen molar-refractivity contribution in [1.82, 2.24) is 14.7 Å². The molecule has 3 rings (SSSR count). The molecule has 1 aliphatic rings. The number of alkyl halides is 2. The Balaban J connectivity index is 1.40. The number of anilines is 1. The van der Waals surface area contributed by atoms with Gasteiger partial charge in [0.15, 0.2) is 0 Å². The third-order valence-corrected chi connectivity index (χ3v) is 5.84. The summed E-state index contributed by atoms with van der Waals surface area (Å²) in [7, 11) is 1.84. The number of piperazine rings is 1. The van der Waals surface area contributed by atoms with Crippen molar-refractivity contribution in [2.75, 3.05) is 51.6 Å². The highest BCUT2D eigenvalue weighted by Gasteiger charge is 2.23. The second-order valence-electron chi connectivity index (χ2n) is 8.67. The lowest BCUT2D eigenvalue weighted by atomic mass is 10.1. The highest BCUT2D eigenvalue weighted by molar-refractivity contribution is 5.93. The van der Waals surface area contributed by atoms with Gasteiger partial charge in [-0.05, 0) is 49.7 Å². The third-order valence-electron chi connectivity index (χ3n) is 5.84. The van der Waals surface area contributed by atoms with Crippen molar-refractivity contribution >= 4 is 17.5 Å². The summed E-state index contributed by atoms with van der Waals surface area (Å²) in [6.07, 6.45) is 0. The van der Waals surface area contributed by atoms with Crippen LogP contribution in [0, 0.1) is 13.8 Å². The topological polar surface area (TPSA) is 65.1 Å². The Morgan fingerprint density at radius 2 is 1.65 bits per heavy atom. The van der Waals surface area contributed by atoms with E-state index in [1.807, 2.05) is 48.9 Å². The van der Waals surface area contributed by atoms with Gasteiger partial charge in [0.05, 0.1) is 13.1 Å². The number of aryl methyl sites for hydroxylation is 2. The molecule has 1 saturated heterocycles. The normalized spacial score (nSPS) is 14.5. The van der Waals surface area contributed by atoms with Crippen LogP contribution >= 0.6 is 0 Å². The number of halogens is 2. The van der Waals surface area contributed by atoms with Gasteiger partial charge in [0, 0.05) is 38.4 Å². The number of carbonyl (C=O) groups is 2. The molecule has 1 heterocycles. The van der Waals surface area contributed by atoms with Gasteiger partial charge < -0.3 is 15.0 Å². The van der Waals surface area contributed by atoms with Gasteiger partial charge in [-0.25, -0.2) is 0 Å². The van der Waals surface area contributed by atoms with E-state index in [4.69, 9.17) is 0 Å². The summed E-state index contributed by atoms with van der Waals surface area (Å²) < 4.78 is 28.9. The summed E-state index contributed by atoms with van der Waals surface area (Å²) in [5.41, 5.74) is 3.83. The average Bonchev–Trinajstić information content (AvgIpc) is 2.78. The number of hydrogen-bond acceptors (Lipinski definition) is 5. The molecule has 2 amide bonds. The number of ether oxygens (including phenoxy) is 1. The number of benzene rings is 2. The molecule has 0 radical (unpaired) electrons. The number of para-hydroxylation sites is 1. The molecule has 0 saturated carbocycles. The molecule has 0 bridgehead atoms.